The van der Waals surface area contributed by atoms with E-state index in [1.165, 1.54) is 6.26 Å². The van der Waals surface area contributed by atoms with Crippen LogP contribution in [0.25, 0.3) is 0 Å². The molecule has 1 unspecified atom stereocenters. The van der Waals surface area contributed by atoms with E-state index in [2.05, 4.69) is 0 Å². The van der Waals surface area contributed by atoms with Gasteiger partial charge < -0.3 is 9.52 Å². The van der Waals surface area contributed by atoms with Crippen molar-refractivity contribution >= 4 is 5.78 Å². The summed E-state index contributed by atoms with van der Waals surface area (Å²) < 4.78 is 5.05. The highest BCUT2D eigenvalue weighted by molar-refractivity contribution is 6.12. The molecule has 0 spiro atoms. The minimum atomic E-state index is -1.46. The first-order chi connectivity index (χ1) is 8.53. The van der Waals surface area contributed by atoms with Gasteiger partial charge in [0.25, 0.3) is 0 Å². The minimum Gasteiger partial charge on any atom is -0.472 e. The molecule has 18 heavy (non-hydrogen) atoms. The van der Waals surface area contributed by atoms with Gasteiger partial charge in [-0.15, -0.1) is 0 Å². The van der Waals surface area contributed by atoms with E-state index in [-0.39, 0.29) is 5.78 Å². The fourth-order valence-corrected chi connectivity index (χ4v) is 2.47. The van der Waals surface area contributed by atoms with E-state index < -0.39 is 5.60 Å². The van der Waals surface area contributed by atoms with Gasteiger partial charge >= 0.3 is 0 Å². The van der Waals surface area contributed by atoms with Crippen LogP contribution in [0, 0.1) is 6.92 Å². The zero-order valence-electron chi connectivity index (χ0n) is 11.0. The van der Waals surface area contributed by atoms with Crippen molar-refractivity contribution in [3.05, 3.63) is 47.0 Å². The monoisotopic (exact) mass is 246 g/mol. The Hall–Kier alpha value is -1.61. The fourth-order valence-electron chi connectivity index (χ4n) is 2.47. The second kappa shape index (κ2) is 4.58. The Morgan fingerprint density at radius 1 is 1.39 bits per heavy atom. The predicted octanol–water partition coefficient (Wildman–Crippen LogP) is 3.03. The number of furan rings is 1. The van der Waals surface area contributed by atoms with Crippen LogP contribution >= 0.6 is 0 Å². The summed E-state index contributed by atoms with van der Waals surface area (Å²) in [5, 5.41) is 10.5. The van der Waals surface area contributed by atoms with Crippen LogP contribution in [0.15, 0.2) is 40.2 Å². The number of aryl methyl sites for hydroxylation is 1. The lowest BCUT2D eigenvalue weighted by molar-refractivity contribution is -0.135. The van der Waals surface area contributed by atoms with Gasteiger partial charge in [-0.05, 0) is 44.7 Å². The normalized spacial score (nSPS) is 23.9. The average molecular weight is 246 g/mol. The Bertz CT molecular complexity index is 534. The molecule has 1 heterocycles. The van der Waals surface area contributed by atoms with Crippen molar-refractivity contribution in [2.24, 2.45) is 0 Å². The summed E-state index contributed by atoms with van der Waals surface area (Å²) >= 11 is 0. The summed E-state index contributed by atoms with van der Waals surface area (Å²) in [4.78, 5) is 12.2. The maximum atomic E-state index is 12.2. The molecule has 0 amide bonds. The van der Waals surface area contributed by atoms with E-state index >= 15 is 0 Å². The van der Waals surface area contributed by atoms with Gasteiger partial charge in [-0.2, -0.15) is 0 Å². The molecule has 1 aromatic heterocycles. The quantitative estimate of drug-likeness (QED) is 0.831. The molecule has 0 aliphatic heterocycles. The van der Waals surface area contributed by atoms with Crippen LogP contribution in [0.4, 0.5) is 0 Å². The van der Waals surface area contributed by atoms with Crippen molar-refractivity contribution < 1.29 is 14.3 Å². The highest BCUT2D eigenvalue weighted by Gasteiger charge is 2.52. The summed E-state index contributed by atoms with van der Waals surface area (Å²) in [6.45, 7) is 5.60. The van der Waals surface area contributed by atoms with Crippen LogP contribution in [0.3, 0.4) is 0 Å². The molecule has 0 saturated carbocycles. The summed E-state index contributed by atoms with van der Waals surface area (Å²) in [5.41, 5.74) is 1.41. The third kappa shape index (κ3) is 1.66. The third-order valence-electron chi connectivity index (χ3n) is 3.64. The molecule has 0 radical (unpaired) electrons. The number of ketones is 1. The van der Waals surface area contributed by atoms with E-state index in [1.54, 1.807) is 6.26 Å². The molecule has 2 rings (SSSR count). The number of allylic oxidation sites excluding steroid dienone is 2. The lowest BCUT2D eigenvalue weighted by atomic mass is 9.67. The molecule has 1 aliphatic rings. The molecule has 1 aliphatic carbocycles. The second-order valence-corrected chi connectivity index (χ2v) is 4.72. The molecule has 1 aromatic rings. The third-order valence-corrected chi connectivity index (χ3v) is 3.64. The first-order valence-corrected chi connectivity index (χ1v) is 6.15. The van der Waals surface area contributed by atoms with E-state index in [0.29, 0.717) is 12.0 Å². The zero-order valence-corrected chi connectivity index (χ0v) is 11.0. The Morgan fingerprint density at radius 3 is 2.61 bits per heavy atom. The van der Waals surface area contributed by atoms with Crippen LogP contribution < -0.4 is 0 Å². The molecule has 0 bridgehead atoms. The van der Waals surface area contributed by atoms with Gasteiger partial charge in [0.15, 0.2) is 11.4 Å². The van der Waals surface area contributed by atoms with Crippen LogP contribution in [0.5, 0.6) is 0 Å². The van der Waals surface area contributed by atoms with E-state index in [0.717, 1.165) is 23.1 Å². The van der Waals surface area contributed by atoms with Gasteiger partial charge in [-0.1, -0.05) is 12.2 Å². The van der Waals surface area contributed by atoms with Crippen LogP contribution in [-0.2, 0) is 10.4 Å². The summed E-state index contributed by atoms with van der Waals surface area (Å²) in [6.07, 6.45) is 8.51. The smallest absolute Gasteiger partial charge is 0.199 e. The summed E-state index contributed by atoms with van der Waals surface area (Å²) in [6, 6.07) is 0. The Kier molecular flexibility index (Phi) is 3.26. The zero-order chi connectivity index (χ0) is 13.3. The number of aliphatic hydroxyl groups is 1. The summed E-state index contributed by atoms with van der Waals surface area (Å²) in [5.74, 6) is -0.186. The Balaban J connectivity index is 2.28. The van der Waals surface area contributed by atoms with Gasteiger partial charge in [0, 0.05) is 11.1 Å². The molecule has 0 saturated heterocycles. The van der Waals surface area contributed by atoms with Gasteiger partial charge in [-0.3, -0.25) is 4.79 Å². The fraction of sp³-hybridized carbons (Fsp3) is 0.400. The Labute approximate surface area is 107 Å². The van der Waals surface area contributed by atoms with Crippen molar-refractivity contribution in [2.75, 3.05) is 0 Å². The lowest BCUT2D eigenvalue weighted by Gasteiger charge is -2.38. The molecule has 96 valence electrons. The first-order valence-electron chi connectivity index (χ1n) is 6.15. The number of carbonyl (C=O) groups is 1. The van der Waals surface area contributed by atoms with Crippen molar-refractivity contribution in [1.29, 1.82) is 0 Å². The highest BCUT2D eigenvalue weighted by atomic mass is 16.3. The predicted molar refractivity (Wildman–Crippen MR) is 69.1 cm³/mol. The topological polar surface area (TPSA) is 50.4 Å². The lowest BCUT2D eigenvalue weighted by Crippen LogP contribution is -2.47. The van der Waals surface area contributed by atoms with Crippen LogP contribution in [-0.4, -0.2) is 10.9 Å². The van der Waals surface area contributed by atoms with E-state index in [9.17, 15) is 9.90 Å². The van der Waals surface area contributed by atoms with Crippen LogP contribution in [0.1, 0.15) is 37.8 Å². The van der Waals surface area contributed by atoms with E-state index in [4.69, 9.17) is 4.42 Å². The van der Waals surface area contributed by atoms with Crippen molar-refractivity contribution in [2.45, 2.75) is 39.2 Å². The van der Waals surface area contributed by atoms with Crippen molar-refractivity contribution in [1.82, 2.24) is 0 Å². The maximum absolute atomic E-state index is 12.2. The minimum absolute atomic E-state index is 0.186. The molecular formula is C15H18O3. The molecule has 0 aromatic carbocycles. The molecule has 0 fully saturated rings. The molecule has 3 heteroatoms. The second-order valence-electron chi connectivity index (χ2n) is 4.72. The number of hydrogen-bond acceptors (Lipinski definition) is 3. The number of rotatable bonds is 4. The first kappa shape index (κ1) is 12.8. The Morgan fingerprint density at radius 2 is 2.11 bits per heavy atom. The van der Waals surface area contributed by atoms with E-state index in [1.807, 2.05) is 32.9 Å². The average Bonchev–Trinajstić information content (AvgIpc) is 2.79. The van der Waals surface area contributed by atoms with Gasteiger partial charge in [-0.25, -0.2) is 0 Å². The number of hydrogen-bond donors (Lipinski definition) is 1. The summed E-state index contributed by atoms with van der Waals surface area (Å²) in [7, 11) is 0. The van der Waals surface area contributed by atoms with Gasteiger partial charge in [0.1, 0.15) is 0 Å². The molecule has 1 N–H and O–H groups in total. The number of carbonyl (C=O) groups excluding carboxylic acids is 1. The largest absolute Gasteiger partial charge is 0.472 e. The van der Waals surface area contributed by atoms with Crippen molar-refractivity contribution in [3.8, 4) is 0 Å². The molecular weight excluding hydrogens is 228 g/mol. The van der Waals surface area contributed by atoms with Gasteiger partial charge in [0.05, 0.1) is 12.5 Å². The molecule has 3 nitrogen and oxygen atoms in total. The highest BCUT2D eigenvalue weighted by Crippen LogP contribution is 2.45. The van der Waals surface area contributed by atoms with Gasteiger partial charge in [0.2, 0.25) is 0 Å². The van der Waals surface area contributed by atoms with Crippen molar-refractivity contribution in [3.63, 3.8) is 0 Å². The SMILES string of the molecule is C/C=C/CCC1=C(C)C(O)(c2cocc2C)C1=O. The number of Topliss-reactive ketones (excluding diaryl/α,β-unsaturated/α-hetero) is 1. The maximum Gasteiger partial charge on any atom is 0.199 e. The molecule has 1 atom stereocenters. The van der Waals surface area contributed by atoms with Crippen LogP contribution in [0.2, 0.25) is 0 Å². The standard InChI is InChI=1S/C15H18O3/c1-4-5-6-7-12-11(3)15(17,14(12)16)13-9-18-8-10(13)2/h4-5,8-9,17H,6-7H2,1-3H3/b5-4+.